The molecule has 0 aliphatic carbocycles. The monoisotopic (exact) mass is 350 g/mol. The summed E-state index contributed by atoms with van der Waals surface area (Å²) < 4.78 is 7.39. The van der Waals surface area contributed by atoms with Crippen molar-refractivity contribution in [1.82, 2.24) is 19.5 Å². The van der Waals surface area contributed by atoms with Gasteiger partial charge in [0.2, 0.25) is 5.88 Å². The van der Waals surface area contributed by atoms with E-state index < -0.39 is 6.72 Å². The van der Waals surface area contributed by atoms with Crippen LogP contribution < -0.4 is 0 Å². The van der Waals surface area contributed by atoms with E-state index in [2.05, 4.69) is 26.8 Å². The number of nitrogens with zero attached hydrogens (tertiary/aromatic N) is 4. The zero-order valence-corrected chi connectivity index (χ0v) is 12.9. The van der Waals surface area contributed by atoms with Crippen LogP contribution in [0.15, 0.2) is 12.7 Å². The average molecular weight is 350 g/mol. The number of hydrogen-bond donors (Lipinski definition) is 5. The Morgan fingerprint density at radius 3 is 2.55 bits per heavy atom. The quantitative estimate of drug-likeness (QED) is 0.443. The van der Waals surface area contributed by atoms with Crippen LogP contribution >= 0.6 is 6.72 Å². The van der Waals surface area contributed by atoms with Crippen LogP contribution in [0.4, 0.5) is 0 Å². The molecule has 1 fully saturated rings. The highest BCUT2D eigenvalue weighted by molar-refractivity contribution is 8.06. The van der Waals surface area contributed by atoms with Gasteiger partial charge in [0.05, 0.1) is 19.0 Å². The molecule has 0 bridgehead atoms. The van der Waals surface area contributed by atoms with Crippen LogP contribution in [0.2, 0.25) is 0 Å². The molecule has 22 heavy (non-hydrogen) atoms. The van der Waals surface area contributed by atoms with Gasteiger partial charge in [-0.2, -0.15) is 4.98 Å². The standard InChI is InChI=1S/C10H12N4O3.H3O3PS/c15-3-6-1-2-7(17-6)14-5-13-8-9(14)11-4-12-10(8)16;1-4(2,3)5/h4-7,15H,1-3H2,(H,11,12,16);(H3,1,2,3,5)/t6-,7+;/m0./s1. The van der Waals surface area contributed by atoms with Crippen LogP contribution in [0.1, 0.15) is 19.1 Å². The molecule has 1 aliphatic rings. The molecule has 0 radical (unpaired) electrons. The minimum atomic E-state index is -3.81. The molecule has 1 aliphatic heterocycles. The first-order chi connectivity index (χ1) is 10.3. The van der Waals surface area contributed by atoms with Crippen molar-refractivity contribution in [2.24, 2.45) is 0 Å². The molecule has 2 atom stereocenters. The number of aliphatic hydroxyl groups is 1. The first-order valence-electron chi connectivity index (χ1n) is 6.20. The predicted octanol–water partition coefficient (Wildman–Crippen LogP) is -0.610. The van der Waals surface area contributed by atoms with Gasteiger partial charge in [-0.15, -0.1) is 0 Å². The number of hydrogen-bond acceptors (Lipinski definition) is 7. The fourth-order valence-corrected chi connectivity index (χ4v) is 2.08. The first-order valence-corrected chi connectivity index (χ1v) is 8.86. The summed E-state index contributed by atoms with van der Waals surface area (Å²) in [7, 11) is 0. The van der Waals surface area contributed by atoms with E-state index in [-0.39, 0.29) is 24.8 Å². The third-order valence-corrected chi connectivity index (χ3v) is 2.94. The Morgan fingerprint density at radius 1 is 1.27 bits per heavy atom. The summed E-state index contributed by atoms with van der Waals surface area (Å²) in [5, 5.41) is 18.5. The van der Waals surface area contributed by atoms with Crippen molar-refractivity contribution in [2.45, 2.75) is 25.2 Å². The van der Waals surface area contributed by atoms with Crippen LogP contribution in [0.5, 0.6) is 5.88 Å². The number of rotatable bonds is 2. The molecule has 0 amide bonds. The minimum absolute atomic E-state index is 0.0172. The van der Waals surface area contributed by atoms with E-state index in [4.69, 9.17) is 24.5 Å². The highest BCUT2D eigenvalue weighted by Crippen LogP contribution is 2.31. The third kappa shape index (κ3) is 4.40. The Hall–Kier alpha value is -1.20. The largest absolute Gasteiger partial charge is 0.492 e. The van der Waals surface area contributed by atoms with Crippen LogP contribution in [-0.4, -0.2) is 57.1 Å². The predicted molar refractivity (Wildman–Crippen MR) is 78.2 cm³/mol. The molecular formula is C10H15N4O6PS. The van der Waals surface area contributed by atoms with E-state index in [0.29, 0.717) is 11.2 Å². The molecule has 122 valence electrons. The van der Waals surface area contributed by atoms with Crippen LogP contribution in [-0.2, 0) is 16.5 Å². The Balaban J connectivity index is 0.000000309. The SMILES string of the molecule is OC[C@@H]1CC[C@H](n2cnc3c(O)ncnc32)O1.OP(O)(O)=S. The van der Waals surface area contributed by atoms with Crippen LogP contribution in [0, 0.1) is 0 Å². The molecule has 0 spiro atoms. The lowest BCUT2D eigenvalue weighted by Gasteiger charge is -2.13. The van der Waals surface area contributed by atoms with Crippen molar-refractivity contribution < 1.29 is 29.6 Å². The summed E-state index contributed by atoms with van der Waals surface area (Å²) in [6, 6.07) is 0. The summed E-state index contributed by atoms with van der Waals surface area (Å²) in [6.07, 6.45) is 4.14. The van der Waals surface area contributed by atoms with Crippen molar-refractivity contribution in [3.05, 3.63) is 12.7 Å². The Kier molecular flexibility index (Phi) is 5.40. The van der Waals surface area contributed by atoms with Crippen LogP contribution in [0.3, 0.4) is 0 Å². The lowest BCUT2D eigenvalue weighted by Crippen LogP contribution is -2.14. The van der Waals surface area contributed by atoms with Gasteiger partial charge in [0.1, 0.15) is 12.6 Å². The molecular weight excluding hydrogens is 335 g/mol. The summed E-state index contributed by atoms with van der Waals surface area (Å²) in [4.78, 5) is 34.5. The fourth-order valence-electron chi connectivity index (χ4n) is 2.08. The summed E-state index contributed by atoms with van der Waals surface area (Å²) >= 11 is 3.60. The van der Waals surface area contributed by atoms with Gasteiger partial charge in [-0.05, 0) is 24.6 Å². The van der Waals surface area contributed by atoms with E-state index in [1.54, 1.807) is 10.9 Å². The van der Waals surface area contributed by atoms with Gasteiger partial charge in [-0.3, -0.25) is 4.57 Å². The highest BCUT2D eigenvalue weighted by atomic mass is 32.5. The van der Waals surface area contributed by atoms with Crippen molar-refractivity contribution in [3.63, 3.8) is 0 Å². The molecule has 2 aromatic heterocycles. The Bertz CT molecular complexity index is 683. The smallest absolute Gasteiger partial charge is 0.319 e. The van der Waals surface area contributed by atoms with Gasteiger partial charge in [0.15, 0.2) is 11.2 Å². The van der Waals surface area contributed by atoms with E-state index in [0.717, 1.165) is 12.8 Å². The molecule has 3 heterocycles. The lowest BCUT2D eigenvalue weighted by atomic mass is 10.2. The van der Waals surface area contributed by atoms with E-state index in [1.165, 1.54) is 6.33 Å². The van der Waals surface area contributed by atoms with Crippen molar-refractivity contribution in [1.29, 1.82) is 0 Å². The van der Waals surface area contributed by atoms with Gasteiger partial charge in [0, 0.05) is 0 Å². The second kappa shape index (κ2) is 6.92. The number of aromatic nitrogens is 4. The molecule has 1 saturated heterocycles. The number of aromatic hydroxyl groups is 1. The molecule has 10 nitrogen and oxygen atoms in total. The average Bonchev–Trinajstić information content (AvgIpc) is 3.02. The topological polar surface area (TPSA) is 154 Å². The van der Waals surface area contributed by atoms with E-state index in [9.17, 15) is 5.11 Å². The van der Waals surface area contributed by atoms with Crippen molar-refractivity contribution in [3.8, 4) is 5.88 Å². The number of imidazole rings is 1. The summed E-state index contributed by atoms with van der Waals surface area (Å²) in [5.74, 6) is -0.134. The van der Waals surface area contributed by atoms with Gasteiger partial charge >= 0.3 is 6.72 Å². The fraction of sp³-hybridized carbons (Fsp3) is 0.500. The third-order valence-electron chi connectivity index (χ3n) is 2.94. The number of aliphatic hydroxyl groups excluding tert-OH is 1. The first kappa shape index (κ1) is 17.2. The van der Waals surface area contributed by atoms with Gasteiger partial charge < -0.3 is 29.6 Å². The van der Waals surface area contributed by atoms with Crippen LogP contribution in [0.25, 0.3) is 11.2 Å². The summed E-state index contributed by atoms with van der Waals surface area (Å²) in [5.41, 5.74) is 0.907. The normalized spacial score (nSPS) is 21.6. The number of fused-ring (bicyclic) bond motifs is 1. The van der Waals surface area contributed by atoms with E-state index in [1.807, 2.05) is 0 Å². The molecule has 0 saturated carbocycles. The van der Waals surface area contributed by atoms with Gasteiger partial charge in [-0.1, -0.05) is 0 Å². The minimum Gasteiger partial charge on any atom is -0.492 e. The number of ether oxygens (including phenoxy) is 1. The Morgan fingerprint density at radius 2 is 1.95 bits per heavy atom. The second-order valence-electron chi connectivity index (χ2n) is 4.51. The Labute approximate surface area is 129 Å². The van der Waals surface area contributed by atoms with E-state index >= 15 is 0 Å². The molecule has 12 heteroatoms. The summed E-state index contributed by atoms with van der Waals surface area (Å²) in [6.45, 7) is -3.79. The maximum absolute atomic E-state index is 9.52. The molecule has 0 aromatic carbocycles. The van der Waals surface area contributed by atoms with Crippen molar-refractivity contribution in [2.75, 3.05) is 6.61 Å². The second-order valence-corrected chi connectivity index (χ2v) is 7.00. The van der Waals surface area contributed by atoms with Crippen molar-refractivity contribution >= 4 is 29.7 Å². The molecule has 2 aromatic rings. The molecule has 3 rings (SSSR count). The maximum atomic E-state index is 9.52. The maximum Gasteiger partial charge on any atom is 0.319 e. The zero-order valence-electron chi connectivity index (χ0n) is 11.2. The molecule has 0 unspecified atom stereocenters. The zero-order chi connectivity index (χ0) is 16.3. The highest BCUT2D eigenvalue weighted by Gasteiger charge is 2.27. The lowest BCUT2D eigenvalue weighted by molar-refractivity contribution is -0.0207. The molecule has 5 N–H and O–H groups in total. The van der Waals surface area contributed by atoms with Gasteiger partial charge in [0.25, 0.3) is 0 Å². The van der Waals surface area contributed by atoms with Gasteiger partial charge in [-0.25, -0.2) is 9.97 Å².